The molecule has 122 valence electrons. The first kappa shape index (κ1) is 17.1. The van der Waals surface area contributed by atoms with E-state index in [1.807, 2.05) is 0 Å². The Morgan fingerprint density at radius 2 is 1.83 bits per heavy atom. The number of anilines is 1. The maximum atomic E-state index is 14.6. The molecule has 0 radical (unpaired) electrons. The van der Waals surface area contributed by atoms with Gasteiger partial charge in [0.25, 0.3) is 5.91 Å². The van der Waals surface area contributed by atoms with Crippen molar-refractivity contribution < 1.29 is 23.1 Å². The summed E-state index contributed by atoms with van der Waals surface area (Å²) in [6, 6.07) is 10.2. The second-order valence-corrected chi connectivity index (χ2v) is 4.69. The molecule has 0 bridgehead atoms. The molecular formula is C17H12F2N2O3. The maximum absolute atomic E-state index is 14.6. The molecule has 1 amide bonds. The molecule has 0 atom stereocenters. The minimum Gasteiger partial charge on any atom is -0.465 e. The van der Waals surface area contributed by atoms with Gasteiger partial charge in [0.15, 0.2) is 5.82 Å². The summed E-state index contributed by atoms with van der Waals surface area (Å²) in [5, 5.41) is 8.94. The summed E-state index contributed by atoms with van der Waals surface area (Å²) in [6.07, 6.45) is 0. The number of hydrogen-bond acceptors (Lipinski definition) is 4. The molecule has 7 heteroatoms. The van der Waals surface area contributed by atoms with Crippen molar-refractivity contribution in [3.8, 4) is 6.07 Å². The van der Waals surface area contributed by atoms with Crippen LogP contribution in [0.3, 0.4) is 0 Å². The van der Waals surface area contributed by atoms with Crippen molar-refractivity contribution in [2.75, 3.05) is 18.6 Å². The molecule has 0 saturated carbocycles. The van der Waals surface area contributed by atoms with Crippen LogP contribution in [0.5, 0.6) is 0 Å². The minimum absolute atomic E-state index is 0.0783. The van der Waals surface area contributed by atoms with Crippen LogP contribution in [0.25, 0.3) is 0 Å². The fourth-order valence-corrected chi connectivity index (χ4v) is 2.08. The zero-order chi connectivity index (χ0) is 17.7. The third kappa shape index (κ3) is 3.38. The molecule has 2 aromatic carbocycles. The second-order valence-electron chi connectivity index (χ2n) is 4.69. The first-order valence-corrected chi connectivity index (χ1v) is 6.80. The number of carbonyl (C=O) groups is 2. The summed E-state index contributed by atoms with van der Waals surface area (Å²) in [7, 11) is 1.10. The molecule has 5 nitrogen and oxygen atoms in total. The molecule has 2 rings (SSSR count). The van der Waals surface area contributed by atoms with Crippen molar-refractivity contribution in [3.05, 3.63) is 65.2 Å². The standard InChI is InChI=1S/C17H12F2N2O3/c1-24-17(23)13-3-2-4-14(15(13)19)21(10-9-20)16(22)11-5-7-12(18)8-6-11/h2-8H,10H2,1H3. The predicted octanol–water partition coefficient (Wildman–Crippen LogP) is 2.92. The van der Waals surface area contributed by atoms with Gasteiger partial charge < -0.3 is 4.74 Å². The average Bonchev–Trinajstić information content (AvgIpc) is 2.59. The number of nitrogens with zero attached hydrogens (tertiary/aromatic N) is 2. The number of nitriles is 1. The van der Waals surface area contributed by atoms with Crippen LogP contribution < -0.4 is 4.90 Å². The van der Waals surface area contributed by atoms with E-state index in [2.05, 4.69) is 4.74 Å². The van der Waals surface area contributed by atoms with E-state index in [4.69, 9.17) is 5.26 Å². The minimum atomic E-state index is -0.977. The van der Waals surface area contributed by atoms with Gasteiger partial charge in [-0.05, 0) is 36.4 Å². The van der Waals surface area contributed by atoms with E-state index in [0.717, 1.165) is 24.1 Å². The van der Waals surface area contributed by atoms with Crippen molar-refractivity contribution in [1.29, 1.82) is 5.26 Å². The summed E-state index contributed by atoms with van der Waals surface area (Å²) >= 11 is 0. The lowest BCUT2D eigenvalue weighted by molar-refractivity contribution is 0.0595. The van der Waals surface area contributed by atoms with Gasteiger partial charge in [0.2, 0.25) is 0 Å². The first-order chi connectivity index (χ1) is 11.5. The van der Waals surface area contributed by atoms with Crippen LogP contribution in [0.2, 0.25) is 0 Å². The molecule has 0 aromatic heterocycles. The predicted molar refractivity (Wildman–Crippen MR) is 81.4 cm³/mol. The Hall–Kier alpha value is -3.27. The molecule has 24 heavy (non-hydrogen) atoms. The quantitative estimate of drug-likeness (QED) is 0.638. The summed E-state index contributed by atoms with van der Waals surface area (Å²) in [6.45, 7) is -0.447. The summed E-state index contributed by atoms with van der Waals surface area (Å²) < 4.78 is 32.0. The van der Waals surface area contributed by atoms with Gasteiger partial charge in [-0.15, -0.1) is 0 Å². The maximum Gasteiger partial charge on any atom is 0.340 e. The molecule has 2 aromatic rings. The van der Waals surface area contributed by atoms with Gasteiger partial charge in [-0.1, -0.05) is 6.07 Å². The second kappa shape index (κ2) is 7.33. The van der Waals surface area contributed by atoms with Crippen molar-refractivity contribution in [1.82, 2.24) is 0 Å². The van der Waals surface area contributed by atoms with Crippen LogP contribution in [0, 0.1) is 23.0 Å². The summed E-state index contributed by atoms with van der Waals surface area (Å²) in [5.74, 6) is -3.11. The van der Waals surface area contributed by atoms with Crippen LogP contribution in [-0.4, -0.2) is 25.5 Å². The van der Waals surface area contributed by atoms with Crippen LogP contribution in [0.1, 0.15) is 20.7 Å². The van der Waals surface area contributed by atoms with Crippen LogP contribution >= 0.6 is 0 Å². The fraction of sp³-hybridized carbons (Fsp3) is 0.118. The number of ether oxygens (including phenoxy) is 1. The van der Waals surface area contributed by atoms with Gasteiger partial charge in [0.05, 0.1) is 24.4 Å². The summed E-state index contributed by atoms with van der Waals surface area (Å²) in [4.78, 5) is 25.0. The van der Waals surface area contributed by atoms with E-state index in [1.54, 1.807) is 6.07 Å². The van der Waals surface area contributed by atoms with Crippen molar-refractivity contribution in [3.63, 3.8) is 0 Å². The monoisotopic (exact) mass is 330 g/mol. The third-order valence-corrected chi connectivity index (χ3v) is 3.24. The lowest BCUT2D eigenvalue weighted by atomic mass is 10.1. The highest BCUT2D eigenvalue weighted by atomic mass is 19.1. The number of amides is 1. The molecule has 0 saturated heterocycles. The molecule has 0 unspecified atom stereocenters. The zero-order valence-electron chi connectivity index (χ0n) is 12.6. The Kier molecular flexibility index (Phi) is 5.22. The number of halogens is 2. The van der Waals surface area contributed by atoms with E-state index >= 15 is 0 Å². The zero-order valence-corrected chi connectivity index (χ0v) is 12.6. The number of rotatable bonds is 4. The Bertz CT molecular complexity index is 814. The van der Waals surface area contributed by atoms with E-state index in [1.165, 1.54) is 30.3 Å². The number of carbonyl (C=O) groups excluding carboxylic acids is 2. The normalized spacial score (nSPS) is 9.92. The molecule has 0 aliphatic carbocycles. The highest BCUT2D eigenvalue weighted by Crippen LogP contribution is 2.24. The van der Waals surface area contributed by atoms with Crippen molar-refractivity contribution in [2.45, 2.75) is 0 Å². The fourth-order valence-electron chi connectivity index (χ4n) is 2.08. The Balaban J connectivity index is 2.48. The molecule has 0 spiro atoms. The van der Waals surface area contributed by atoms with Gasteiger partial charge in [0, 0.05) is 5.56 Å². The highest BCUT2D eigenvalue weighted by Gasteiger charge is 2.24. The van der Waals surface area contributed by atoms with Gasteiger partial charge in [-0.2, -0.15) is 5.26 Å². The number of esters is 1. The third-order valence-electron chi connectivity index (χ3n) is 3.24. The SMILES string of the molecule is COC(=O)c1cccc(N(CC#N)C(=O)c2ccc(F)cc2)c1F. The Morgan fingerprint density at radius 1 is 1.17 bits per heavy atom. The van der Waals surface area contributed by atoms with Gasteiger partial charge >= 0.3 is 5.97 Å². The number of methoxy groups -OCH3 is 1. The number of hydrogen-bond donors (Lipinski definition) is 0. The molecule has 0 N–H and O–H groups in total. The largest absolute Gasteiger partial charge is 0.465 e. The first-order valence-electron chi connectivity index (χ1n) is 6.80. The Labute approximate surface area is 136 Å². The average molecular weight is 330 g/mol. The van der Waals surface area contributed by atoms with Crippen LogP contribution in [0.15, 0.2) is 42.5 Å². The number of benzene rings is 2. The van der Waals surface area contributed by atoms with Crippen molar-refractivity contribution in [2.24, 2.45) is 0 Å². The molecular weight excluding hydrogens is 318 g/mol. The molecule has 0 fully saturated rings. The lowest BCUT2D eigenvalue weighted by Gasteiger charge is -2.21. The van der Waals surface area contributed by atoms with E-state index < -0.39 is 30.1 Å². The molecule has 0 aliphatic heterocycles. The highest BCUT2D eigenvalue weighted by molar-refractivity contribution is 6.07. The lowest BCUT2D eigenvalue weighted by Crippen LogP contribution is -2.32. The van der Waals surface area contributed by atoms with E-state index in [-0.39, 0.29) is 16.8 Å². The van der Waals surface area contributed by atoms with Crippen LogP contribution in [-0.2, 0) is 4.74 Å². The van der Waals surface area contributed by atoms with Gasteiger partial charge in [-0.3, -0.25) is 9.69 Å². The van der Waals surface area contributed by atoms with E-state index in [0.29, 0.717) is 0 Å². The smallest absolute Gasteiger partial charge is 0.340 e. The summed E-state index contributed by atoms with van der Waals surface area (Å²) in [5.41, 5.74) is -0.520. The van der Waals surface area contributed by atoms with Gasteiger partial charge in [0.1, 0.15) is 12.4 Å². The van der Waals surface area contributed by atoms with Gasteiger partial charge in [-0.25, -0.2) is 13.6 Å². The molecule has 0 aliphatic rings. The topological polar surface area (TPSA) is 70.4 Å². The van der Waals surface area contributed by atoms with E-state index in [9.17, 15) is 18.4 Å². The Morgan fingerprint density at radius 3 is 2.42 bits per heavy atom. The van der Waals surface area contributed by atoms with Crippen molar-refractivity contribution >= 4 is 17.6 Å². The molecule has 0 heterocycles. The van der Waals surface area contributed by atoms with Crippen LogP contribution in [0.4, 0.5) is 14.5 Å².